The van der Waals surface area contributed by atoms with Crippen LogP contribution in [0.25, 0.3) is 0 Å². The number of aryl methyl sites for hydroxylation is 1. The lowest BCUT2D eigenvalue weighted by Crippen LogP contribution is -2.41. The van der Waals surface area contributed by atoms with Gasteiger partial charge in [-0.05, 0) is 19.9 Å². The maximum Gasteiger partial charge on any atom is 0.239 e. The Bertz CT molecular complexity index is 374. The zero-order chi connectivity index (χ0) is 11.5. The van der Waals surface area contributed by atoms with E-state index in [9.17, 15) is 4.79 Å². The Morgan fingerprint density at radius 3 is 3.12 bits per heavy atom. The van der Waals surface area contributed by atoms with Crippen molar-refractivity contribution < 1.29 is 4.79 Å². The van der Waals surface area contributed by atoms with Gasteiger partial charge in [-0.1, -0.05) is 0 Å². The van der Waals surface area contributed by atoms with E-state index in [-0.39, 0.29) is 11.9 Å². The third kappa shape index (κ3) is 2.41. The first kappa shape index (κ1) is 11.1. The maximum atomic E-state index is 12.0. The van der Waals surface area contributed by atoms with Gasteiger partial charge < -0.3 is 10.2 Å². The minimum Gasteiger partial charge on any atom is -0.337 e. The van der Waals surface area contributed by atoms with Gasteiger partial charge in [0.05, 0.1) is 12.2 Å². The number of carbonyl (C=O) groups is 1. The van der Waals surface area contributed by atoms with Crippen molar-refractivity contribution in [1.82, 2.24) is 20.0 Å². The summed E-state index contributed by atoms with van der Waals surface area (Å²) < 4.78 is 1.76. The second kappa shape index (κ2) is 4.65. The van der Waals surface area contributed by atoms with Crippen LogP contribution < -0.4 is 5.32 Å². The van der Waals surface area contributed by atoms with Crippen molar-refractivity contribution in [2.45, 2.75) is 25.9 Å². The van der Waals surface area contributed by atoms with Crippen molar-refractivity contribution in [3.05, 3.63) is 18.0 Å². The van der Waals surface area contributed by atoms with Crippen molar-refractivity contribution in [1.29, 1.82) is 0 Å². The van der Waals surface area contributed by atoms with Crippen molar-refractivity contribution >= 4 is 5.91 Å². The minimum absolute atomic E-state index is 0.0702. The third-order valence-electron chi connectivity index (χ3n) is 2.87. The first-order valence-corrected chi connectivity index (χ1v) is 5.66. The number of amides is 1. The molecular weight excluding hydrogens is 204 g/mol. The fourth-order valence-electron chi connectivity index (χ4n) is 1.99. The quantitative estimate of drug-likeness (QED) is 0.774. The minimum atomic E-state index is -0.0702. The number of hydrogen-bond donors (Lipinski definition) is 1. The summed E-state index contributed by atoms with van der Waals surface area (Å²) in [4.78, 5) is 13.9. The molecule has 2 rings (SSSR count). The van der Waals surface area contributed by atoms with Crippen LogP contribution in [0.15, 0.2) is 12.4 Å². The monoisotopic (exact) mass is 222 g/mol. The summed E-state index contributed by atoms with van der Waals surface area (Å²) in [6.07, 6.45) is 4.78. The number of nitrogens with one attached hydrogen (secondary N) is 1. The molecule has 1 aliphatic heterocycles. The molecule has 1 amide bonds. The van der Waals surface area contributed by atoms with Crippen molar-refractivity contribution in [3.8, 4) is 0 Å². The van der Waals surface area contributed by atoms with Gasteiger partial charge in [-0.25, -0.2) is 0 Å². The Balaban J connectivity index is 2.04. The first-order valence-electron chi connectivity index (χ1n) is 5.66. The summed E-state index contributed by atoms with van der Waals surface area (Å²) in [7, 11) is 1.89. The van der Waals surface area contributed by atoms with E-state index in [2.05, 4.69) is 10.4 Å². The lowest BCUT2D eigenvalue weighted by atomic mass is 10.2. The Hall–Kier alpha value is -1.36. The molecule has 1 atom stereocenters. The van der Waals surface area contributed by atoms with Crippen LogP contribution in [0.3, 0.4) is 0 Å². The number of hydrogen-bond acceptors (Lipinski definition) is 3. The standard InChI is InChI=1S/C11H18N4O/c1-9-11(16)15(5-3-4-12-9)8-10-6-13-14(2)7-10/h6-7,9,12H,3-5,8H2,1-2H3. The van der Waals surface area contributed by atoms with E-state index in [0.717, 1.165) is 25.1 Å². The molecule has 0 bridgehead atoms. The van der Waals surface area contributed by atoms with Gasteiger partial charge in [-0.15, -0.1) is 0 Å². The zero-order valence-electron chi connectivity index (χ0n) is 9.81. The lowest BCUT2D eigenvalue weighted by molar-refractivity contribution is -0.132. The Kier molecular flexibility index (Phi) is 3.24. The molecular formula is C11H18N4O. The number of nitrogens with zero attached hydrogens (tertiary/aromatic N) is 3. The molecule has 1 aromatic rings. The highest BCUT2D eigenvalue weighted by Crippen LogP contribution is 2.08. The summed E-state index contributed by atoms with van der Waals surface area (Å²) in [6, 6.07) is -0.0702. The highest BCUT2D eigenvalue weighted by atomic mass is 16.2. The van der Waals surface area contributed by atoms with E-state index < -0.39 is 0 Å². The first-order chi connectivity index (χ1) is 7.66. The Labute approximate surface area is 95.4 Å². The molecule has 2 heterocycles. The molecule has 1 saturated heterocycles. The summed E-state index contributed by atoms with van der Waals surface area (Å²) in [5.74, 6) is 0.182. The largest absolute Gasteiger partial charge is 0.337 e. The molecule has 88 valence electrons. The molecule has 0 aliphatic carbocycles. The van der Waals surface area contributed by atoms with Crippen molar-refractivity contribution in [3.63, 3.8) is 0 Å². The van der Waals surface area contributed by atoms with Gasteiger partial charge in [0.15, 0.2) is 0 Å². The van der Waals surface area contributed by atoms with Gasteiger partial charge in [0, 0.05) is 31.9 Å². The van der Waals surface area contributed by atoms with E-state index in [1.54, 1.807) is 4.68 Å². The van der Waals surface area contributed by atoms with Crippen LogP contribution in [0.1, 0.15) is 18.9 Å². The van der Waals surface area contributed by atoms with Crippen LogP contribution in [-0.4, -0.2) is 39.7 Å². The average molecular weight is 222 g/mol. The second-order valence-corrected chi connectivity index (χ2v) is 4.31. The number of rotatable bonds is 2. The van der Waals surface area contributed by atoms with Crippen LogP contribution in [0.5, 0.6) is 0 Å². The summed E-state index contributed by atoms with van der Waals surface area (Å²) in [6.45, 7) is 4.32. The normalized spacial score (nSPS) is 22.2. The van der Waals surface area contributed by atoms with Gasteiger partial charge in [-0.2, -0.15) is 5.10 Å². The van der Waals surface area contributed by atoms with Gasteiger partial charge in [0.2, 0.25) is 5.91 Å². The van der Waals surface area contributed by atoms with Crippen molar-refractivity contribution in [2.75, 3.05) is 13.1 Å². The van der Waals surface area contributed by atoms with Crippen LogP contribution in [0.2, 0.25) is 0 Å². The molecule has 16 heavy (non-hydrogen) atoms. The molecule has 1 aromatic heterocycles. The van der Waals surface area contributed by atoms with Crippen LogP contribution >= 0.6 is 0 Å². The lowest BCUT2D eigenvalue weighted by Gasteiger charge is -2.21. The van der Waals surface area contributed by atoms with Gasteiger partial charge in [0.1, 0.15) is 0 Å². The maximum absolute atomic E-state index is 12.0. The second-order valence-electron chi connectivity index (χ2n) is 4.31. The molecule has 0 saturated carbocycles. The fraction of sp³-hybridized carbons (Fsp3) is 0.636. The topological polar surface area (TPSA) is 50.2 Å². The molecule has 1 aliphatic rings. The predicted octanol–water partition coefficient (Wildman–Crippen LogP) is 0.130. The SMILES string of the molecule is CC1NCCCN(Cc2cnn(C)c2)C1=O. The van der Waals surface area contributed by atoms with Crippen LogP contribution in [-0.2, 0) is 18.4 Å². The Morgan fingerprint density at radius 2 is 2.44 bits per heavy atom. The van der Waals surface area contributed by atoms with E-state index in [1.165, 1.54) is 0 Å². The van der Waals surface area contributed by atoms with E-state index in [1.807, 2.05) is 31.3 Å². The van der Waals surface area contributed by atoms with Gasteiger partial charge in [-0.3, -0.25) is 9.48 Å². The fourth-order valence-corrected chi connectivity index (χ4v) is 1.99. The summed E-state index contributed by atoms with van der Waals surface area (Å²) >= 11 is 0. The average Bonchev–Trinajstić information content (AvgIpc) is 2.60. The number of carbonyl (C=O) groups excluding carboxylic acids is 1. The third-order valence-corrected chi connectivity index (χ3v) is 2.87. The van der Waals surface area contributed by atoms with Crippen molar-refractivity contribution in [2.24, 2.45) is 7.05 Å². The molecule has 0 aromatic carbocycles. The predicted molar refractivity (Wildman–Crippen MR) is 60.7 cm³/mol. The molecule has 1 unspecified atom stereocenters. The smallest absolute Gasteiger partial charge is 0.239 e. The molecule has 1 fully saturated rings. The zero-order valence-corrected chi connectivity index (χ0v) is 9.81. The van der Waals surface area contributed by atoms with Gasteiger partial charge >= 0.3 is 0 Å². The summed E-state index contributed by atoms with van der Waals surface area (Å²) in [5, 5.41) is 7.32. The van der Waals surface area contributed by atoms with Crippen LogP contribution in [0, 0.1) is 0 Å². The van der Waals surface area contributed by atoms with E-state index in [4.69, 9.17) is 0 Å². The van der Waals surface area contributed by atoms with Crippen LogP contribution in [0.4, 0.5) is 0 Å². The van der Waals surface area contributed by atoms with E-state index >= 15 is 0 Å². The summed E-state index contributed by atoms with van der Waals surface area (Å²) in [5.41, 5.74) is 1.09. The highest BCUT2D eigenvalue weighted by Gasteiger charge is 2.22. The molecule has 0 spiro atoms. The number of aromatic nitrogens is 2. The molecule has 1 N–H and O–H groups in total. The molecule has 5 heteroatoms. The van der Waals surface area contributed by atoms with Gasteiger partial charge in [0.25, 0.3) is 0 Å². The Morgan fingerprint density at radius 1 is 1.62 bits per heavy atom. The highest BCUT2D eigenvalue weighted by molar-refractivity contribution is 5.81. The molecule has 0 radical (unpaired) electrons. The molecule has 5 nitrogen and oxygen atoms in total. The van der Waals surface area contributed by atoms with E-state index in [0.29, 0.717) is 6.54 Å².